The van der Waals surface area contributed by atoms with Crippen molar-refractivity contribution in [1.29, 1.82) is 0 Å². The van der Waals surface area contributed by atoms with Crippen molar-refractivity contribution in [2.45, 2.75) is 439 Å². The van der Waals surface area contributed by atoms with Crippen LogP contribution in [0.2, 0.25) is 0 Å². The maximum absolute atomic E-state index is 13.1. The molecule has 2 unspecified atom stereocenters. The second-order valence-corrected chi connectivity index (χ2v) is 32.7. The first-order valence-electron chi connectivity index (χ1n) is 41.5. The Labute approximate surface area is 607 Å². The number of hydrogen-bond acceptors (Lipinski definition) is 15. The molecule has 5 atom stereocenters. The van der Waals surface area contributed by atoms with Gasteiger partial charge in [0.05, 0.1) is 26.4 Å². The highest BCUT2D eigenvalue weighted by Gasteiger charge is 2.30. The first-order chi connectivity index (χ1) is 47.9. The van der Waals surface area contributed by atoms with Crippen molar-refractivity contribution in [2.75, 3.05) is 39.6 Å². The normalized spacial score (nSPS) is 13.9. The van der Waals surface area contributed by atoms with Crippen LogP contribution in [0.1, 0.15) is 420 Å². The number of hydrogen-bond donors (Lipinski definition) is 3. The molecule has 99 heavy (non-hydrogen) atoms. The van der Waals surface area contributed by atoms with E-state index in [1.54, 1.807) is 0 Å². The molecule has 0 aromatic heterocycles. The molecule has 0 aliphatic rings. The van der Waals surface area contributed by atoms with Gasteiger partial charge in [0.1, 0.15) is 19.3 Å². The molecule has 0 aromatic rings. The van der Waals surface area contributed by atoms with E-state index in [2.05, 4.69) is 41.5 Å². The highest BCUT2D eigenvalue weighted by molar-refractivity contribution is 7.47. The summed E-state index contributed by atoms with van der Waals surface area (Å²) in [4.78, 5) is 72.9. The number of aliphatic hydroxyl groups is 1. The van der Waals surface area contributed by atoms with E-state index < -0.39 is 97.5 Å². The second kappa shape index (κ2) is 71.7. The average Bonchev–Trinajstić information content (AvgIpc) is 0.980. The van der Waals surface area contributed by atoms with Crippen molar-refractivity contribution in [1.82, 2.24) is 0 Å². The number of esters is 4. The van der Waals surface area contributed by atoms with Gasteiger partial charge < -0.3 is 33.8 Å². The van der Waals surface area contributed by atoms with Crippen LogP contribution in [0.3, 0.4) is 0 Å². The smallest absolute Gasteiger partial charge is 0.462 e. The number of aliphatic hydroxyl groups excluding tert-OH is 1. The monoisotopic (exact) mass is 1450 g/mol. The molecule has 3 N–H and O–H groups in total. The molecule has 0 aliphatic carbocycles. The van der Waals surface area contributed by atoms with E-state index in [4.69, 9.17) is 37.0 Å². The van der Waals surface area contributed by atoms with Gasteiger partial charge >= 0.3 is 39.5 Å². The Kier molecular flexibility index (Phi) is 70.3. The Morgan fingerprint density at radius 1 is 0.273 bits per heavy atom. The maximum Gasteiger partial charge on any atom is 0.472 e. The molecule has 0 saturated heterocycles. The SMILES string of the molecule is CCCCCCCCCCCCCCCCCCCCCCC(=O)O[C@H](COC(=O)CCCCCCCCCCCCCCCCC(C)C)COP(=O)(O)OC[C@@H](O)COP(=O)(O)OC[C@@H](COC(=O)CCCCCCCCCC)OC(=O)CCCCCCCCCCCCCC(C)C. The van der Waals surface area contributed by atoms with E-state index in [0.717, 1.165) is 108 Å². The van der Waals surface area contributed by atoms with E-state index in [0.29, 0.717) is 25.7 Å². The zero-order valence-electron chi connectivity index (χ0n) is 64.8. The Morgan fingerprint density at radius 3 is 0.687 bits per heavy atom. The lowest BCUT2D eigenvalue weighted by Gasteiger charge is -2.21. The van der Waals surface area contributed by atoms with Gasteiger partial charge in [0.25, 0.3) is 0 Å². The third-order valence-corrected chi connectivity index (χ3v) is 20.6. The van der Waals surface area contributed by atoms with Crippen LogP contribution < -0.4 is 0 Å². The Bertz CT molecular complexity index is 1910. The number of ether oxygens (including phenoxy) is 4. The van der Waals surface area contributed by atoms with Crippen molar-refractivity contribution >= 4 is 39.5 Å². The molecule has 588 valence electrons. The fraction of sp³-hybridized carbons (Fsp3) is 0.950. The molecule has 0 aromatic carbocycles. The van der Waals surface area contributed by atoms with Crippen LogP contribution in [0, 0.1) is 11.8 Å². The summed E-state index contributed by atoms with van der Waals surface area (Å²) in [6, 6.07) is 0. The minimum absolute atomic E-state index is 0.106. The molecule has 0 radical (unpaired) electrons. The van der Waals surface area contributed by atoms with Gasteiger partial charge in [-0.1, -0.05) is 369 Å². The molecule has 0 heterocycles. The van der Waals surface area contributed by atoms with Crippen LogP contribution in [-0.4, -0.2) is 96.7 Å². The molecular formula is C80H156O17P2. The minimum Gasteiger partial charge on any atom is -0.462 e. The van der Waals surface area contributed by atoms with Crippen LogP contribution in [0.4, 0.5) is 0 Å². The molecule has 0 spiro atoms. The summed E-state index contributed by atoms with van der Waals surface area (Å²) in [5.41, 5.74) is 0. The molecule has 0 aliphatic heterocycles. The number of unbranched alkanes of at least 4 members (excludes halogenated alkanes) is 49. The van der Waals surface area contributed by atoms with E-state index in [1.807, 2.05) is 0 Å². The van der Waals surface area contributed by atoms with Crippen molar-refractivity contribution in [3.63, 3.8) is 0 Å². The van der Waals surface area contributed by atoms with Gasteiger partial charge in [-0.25, -0.2) is 9.13 Å². The van der Waals surface area contributed by atoms with Gasteiger partial charge in [0.2, 0.25) is 0 Å². The first-order valence-corrected chi connectivity index (χ1v) is 44.5. The number of carbonyl (C=O) groups excluding carboxylic acids is 4. The topological polar surface area (TPSA) is 237 Å². The van der Waals surface area contributed by atoms with Crippen molar-refractivity contribution < 1.29 is 80.2 Å². The molecule has 0 saturated carbocycles. The highest BCUT2D eigenvalue weighted by atomic mass is 31.2. The molecule has 0 bridgehead atoms. The quantitative estimate of drug-likeness (QED) is 0.0222. The lowest BCUT2D eigenvalue weighted by molar-refractivity contribution is -0.161. The molecule has 19 heteroatoms. The second-order valence-electron chi connectivity index (χ2n) is 29.8. The molecule has 17 nitrogen and oxygen atoms in total. The Hall–Kier alpha value is -1.94. The minimum atomic E-state index is -4.96. The van der Waals surface area contributed by atoms with Crippen LogP contribution in [-0.2, 0) is 65.4 Å². The maximum atomic E-state index is 13.1. The molecule has 0 amide bonds. The van der Waals surface area contributed by atoms with Gasteiger partial charge in [-0.05, 0) is 37.5 Å². The fourth-order valence-electron chi connectivity index (χ4n) is 12.4. The Morgan fingerprint density at radius 2 is 0.465 bits per heavy atom. The molecule has 0 fully saturated rings. The highest BCUT2D eigenvalue weighted by Crippen LogP contribution is 2.45. The third kappa shape index (κ3) is 74.1. The zero-order valence-corrected chi connectivity index (χ0v) is 66.6. The van der Waals surface area contributed by atoms with Crippen molar-refractivity contribution in [3.05, 3.63) is 0 Å². The molecular weight excluding hydrogens is 1290 g/mol. The number of carbonyl (C=O) groups is 4. The largest absolute Gasteiger partial charge is 0.472 e. The van der Waals surface area contributed by atoms with Crippen molar-refractivity contribution in [3.8, 4) is 0 Å². The van der Waals surface area contributed by atoms with Gasteiger partial charge in [0, 0.05) is 25.7 Å². The summed E-state index contributed by atoms with van der Waals surface area (Å²) in [5, 5.41) is 10.6. The van der Waals surface area contributed by atoms with E-state index in [9.17, 15) is 43.2 Å². The lowest BCUT2D eigenvalue weighted by Crippen LogP contribution is -2.30. The van der Waals surface area contributed by atoms with Gasteiger partial charge in [-0.15, -0.1) is 0 Å². The summed E-state index contributed by atoms with van der Waals surface area (Å²) >= 11 is 0. The number of phosphoric acid groups is 2. The van der Waals surface area contributed by atoms with Crippen LogP contribution in [0.25, 0.3) is 0 Å². The summed E-state index contributed by atoms with van der Waals surface area (Å²) in [6.07, 6.45) is 61.2. The summed E-state index contributed by atoms with van der Waals surface area (Å²) in [7, 11) is -9.91. The predicted molar refractivity (Wildman–Crippen MR) is 405 cm³/mol. The summed E-state index contributed by atoms with van der Waals surface area (Å²) < 4.78 is 68.6. The van der Waals surface area contributed by atoms with Gasteiger partial charge in [-0.3, -0.25) is 37.3 Å². The van der Waals surface area contributed by atoms with E-state index >= 15 is 0 Å². The van der Waals surface area contributed by atoms with Crippen molar-refractivity contribution in [2.24, 2.45) is 11.8 Å². The predicted octanol–water partition coefficient (Wildman–Crippen LogP) is 23.9. The average molecular weight is 1450 g/mol. The summed E-state index contributed by atoms with van der Waals surface area (Å²) in [6.45, 7) is 9.62. The van der Waals surface area contributed by atoms with Gasteiger partial charge in [0.15, 0.2) is 12.2 Å². The fourth-order valence-corrected chi connectivity index (χ4v) is 13.9. The Balaban J connectivity index is 5.20. The third-order valence-electron chi connectivity index (χ3n) is 18.7. The van der Waals surface area contributed by atoms with Crippen LogP contribution in [0.15, 0.2) is 0 Å². The lowest BCUT2D eigenvalue weighted by atomic mass is 10.0. The molecule has 0 rings (SSSR count). The van der Waals surface area contributed by atoms with Crippen LogP contribution >= 0.6 is 15.6 Å². The zero-order chi connectivity index (χ0) is 72.8. The van der Waals surface area contributed by atoms with E-state index in [-0.39, 0.29) is 25.7 Å². The number of phosphoric ester groups is 2. The summed E-state index contributed by atoms with van der Waals surface area (Å²) in [5.74, 6) is -0.548. The van der Waals surface area contributed by atoms with E-state index in [1.165, 1.54) is 231 Å². The van der Waals surface area contributed by atoms with Crippen LogP contribution in [0.5, 0.6) is 0 Å². The first kappa shape index (κ1) is 97.1. The van der Waals surface area contributed by atoms with Gasteiger partial charge in [-0.2, -0.15) is 0 Å². The number of rotatable bonds is 79. The standard InChI is InChI=1S/C80H156O17P2/c1-7-9-11-13-15-17-18-19-20-21-22-23-24-25-30-35-40-46-52-58-64-79(84)97-76(69-91-78(83)63-57-51-45-39-34-29-27-26-28-32-37-42-48-54-60-72(3)4)71-95-99(88,89)93-67-74(81)66-92-98(86,87)94-70-75(68-90-77(82)62-56-50-44-16-14-12-10-8-2)96-80(85)65-59-53-47-41-36-31-33-38-43-49-55-61-73(5)6/h72-76,81H,7-71H2,1-6H3,(H,86,87)(H,88,89)/t74-,75+,76+/m0/s1.